The number of hydrogen-bond donors (Lipinski definition) is 2. The first kappa shape index (κ1) is 16.8. The van der Waals surface area contributed by atoms with Crippen LogP contribution in [0.15, 0.2) is 0 Å². The van der Waals surface area contributed by atoms with Crippen LogP contribution in [0.3, 0.4) is 0 Å². The number of aliphatic carboxylic acids is 1. The summed E-state index contributed by atoms with van der Waals surface area (Å²) in [5, 5.41) is 12.8. The van der Waals surface area contributed by atoms with Gasteiger partial charge in [-0.05, 0) is 64.0 Å². The summed E-state index contributed by atoms with van der Waals surface area (Å²) in [5.74, 6) is -0.676. The second kappa shape index (κ2) is 6.25. The third-order valence-corrected chi connectivity index (χ3v) is 5.87. The number of likely N-dealkylation sites (N-methyl/N-ethyl adjacent to an activating group) is 1. The number of carboxylic acid groups (broad SMARTS) is 1. The van der Waals surface area contributed by atoms with Crippen molar-refractivity contribution in [2.45, 2.75) is 83.3 Å². The highest BCUT2D eigenvalue weighted by molar-refractivity contribution is 5.79. The van der Waals surface area contributed by atoms with Crippen LogP contribution >= 0.6 is 0 Å². The molecule has 2 fully saturated rings. The van der Waals surface area contributed by atoms with Crippen LogP contribution in [0.5, 0.6) is 0 Å². The highest BCUT2D eigenvalue weighted by atomic mass is 16.4. The summed E-state index contributed by atoms with van der Waals surface area (Å²) in [6, 6.07) is 1.04. The molecule has 2 aliphatic carbocycles. The van der Waals surface area contributed by atoms with E-state index >= 15 is 0 Å². The summed E-state index contributed by atoms with van der Waals surface area (Å²) in [6.07, 6.45) is 7.56. The summed E-state index contributed by atoms with van der Waals surface area (Å²) in [4.78, 5) is 14.1. The van der Waals surface area contributed by atoms with Crippen LogP contribution in [0, 0.1) is 5.41 Å². The van der Waals surface area contributed by atoms with Crippen LogP contribution in [0.25, 0.3) is 0 Å². The van der Waals surface area contributed by atoms with Gasteiger partial charge < -0.3 is 15.3 Å². The van der Waals surface area contributed by atoms with Gasteiger partial charge in [-0.3, -0.25) is 4.79 Å². The van der Waals surface area contributed by atoms with Gasteiger partial charge in [0.25, 0.3) is 0 Å². The van der Waals surface area contributed by atoms with E-state index in [-0.39, 0.29) is 0 Å². The zero-order valence-corrected chi connectivity index (χ0v) is 14.1. The standard InChI is InChI=1S/C17H32N2O2/c1-5-18-17(15(20)21)11-8-14(12-17)19(4)13-6-9-16(2,3)10-7-13/h13-14,18H,5-12H2,1-4H3,(H,20,21). The van der Waals surface area contributed by atoms with Crippen LogP contribution in [0.1, 0.15) is 65.7 Å². The van der Waals surface area contributed by atoms with E-state index in [4.69, 9.17) is 0 Å². The van der Waals surface area contributed by atoms with Crippen molar-refractivity contribution in [2.75, 3.05) is 13.6 Å². The lowest BCUT2D eigenvalue weighted by Crippen LogP contribution is -2.52. The minimum atomic E-state index is -0.693. The van der Waals surface area contributed by atoms with Crippen molar-refractivity contribution in [3.8, 4) is 0 Å². The summed E-state index contributed by atoms with van der Waals surface area (Å²) >= 11 is 0. The molecule has 4 nitrogen and oxygen atoms in total. The Morgan fingerprint density at radius 3 is 2.29 bits per heavy atom. The molecule has 2 unspecified atom stereocenters. The molecule has 2 atom stereocenters. The van der Waals surface area contributed by atoms with Crippen molar-refractivity contribution in [3.63, 3.8) is 0 Å². The summed E-state index contributed by atoms with van der Waals surface area (Å²) < 4.78 is 0. The molecule has 0 aromatic rings. The number of nitrogens with one attached hydrogen (secondary N) is 1. The molecule has 0 bridgehead atoms. The normalized spacial score (nSPS) is 33.5. The molecular formula is C17H32N2O2. The number of carbonyl (C=O) groups is 1. The molecule has 0 saturated heterocycles. The molecule has 0 heterocycles. The smallest absolute Gasteiger partial charge is 0.323 e. The van der Waals surface area contributed by atoms with Gasteiger partial charge in [0.15, 0.2) is 0 Å². The van der Waals surface area contributed by atoms with E-state index in [1.54, 1.807) is 0 Å². The van der Waals surface area contributed by atoms with Gasteiger partial charge in [0.05, 0.1) is 0 Å². The second-order valence-electron chi connectivity index (χ2n) is 7.88. The zero-order chi connectivity index (χ0) is 15.7. The number of hydrogen-bond acceptors (Lipinski definition) is 3. The Morgan fingerprint density at radius 2 is 1.76 bits per heavy atom. The van der Waals surface area contributed by atoms with Gasteiger partial charge in [0, 0.05) is 12.1 Å². The lowest BCUT2D eigenvalue weighted by Gasteiger charge is -2.41. The third kappa shape index (κ3) is 3.59. The molecule has 4 heteroatoms. The van der Waals surface area contributed by atoms with Crippen molar-refractivity contribution in [3.05, 3.63) is 0 Å². The van der Waals surface area contributed by atoms with E-state index in [2.05, 4.69) is 31.1 Å². The zero-order valence-electron chi connectivity index (χ0n) is 14.1. The van der Waals surface area contributed by atoms with Gasteiger partial charge in [-0.1, -0.05) is 20.8 Å². The molecule has 2 saturated carbocycles. The summed E-state index contributed by atoms with van der Waals surface area (Å²) in [5.41, 5.74) is -0.205. The molecule has 21 heavy (non-hydrogen) atoms. The van der Waals surface area contributed by atoms with Gasteiger partial charge >= 0.3 is 5.97 Å². The number of nitrogens with zero attached hydrogens (tertiary/aromatic N) is 1. The molecule has 0 radical (unpaired) electrons. The van der Waals surface area contributed by atoms with Crippen LogP contribution < -0.4 is 5.32 Å². The molecule has 0 amide bonds. The Kier molecular flexibility index (Phi) is 4.99. The highest BCUT2D eigenvalue weighted by Crippen LogP contribution is 2.40. The van der Waals surface area contributed by atoms with Gasteiger partial charge in [-0.2, -0.15) is 0 Å². The van der Waals surface area contributed by atoms with Crippen molar-refractivity contribution in [2.24, 2.45) is 5.41 Å². The van der Waals surface area contributed by atoms with Gasteiger partial charge in [-0.25, -0.2) is 0 Å². The van der Waals surface area contributed by atoms with Gasteiger partial charge in [-0.15, -0.1) is 0 Å². The van der Waals surface area contributed by atoms with E-state index in [0.717, 1.165) is 25.8 Å². The molecule has 2 aliphatic rings. The predicted octanol–water partition coefficient (Wildman–Crippen LogP) is 2.87. The lowest BCUT2D eigenvalue weighted by molar-refractivity contribution is -0.144. The van der Waals surface area contributed by atoms with Gasteiger partial charge in [0.1, 0.15) is 5.54 Å². The Balaban J connectivity index is 1.96. The fraction of sp³-hybridized carbons (Fsp3) is 0.941. The van der Waals surface area contributed by atoms with Crippen molar-refractivity contribution < 1.29 is 9.90 Å². The molecule has 2 rings (SSSR count). The molecule has 0 spiro atoms. The first-order valence-electron chi connectivity index (χ1n) is 8.50. The summed E-state index contributed by atoms with van der Waals surface area (Å²) in [7, 11) is 2.21. The monoisotopic (exact) mass is 296 g/mol. The highest BCUT2D eigenvalue weighted by Gasteiger charge is 2.47. The van der Waals surface area contributed by atoms with Crippen LogP contribution in [-0.2, 0) is 4.79 Å². The van der Waals surface area contributed by atoms with Crippen LogP contribution in [-0.4, -0.2) is 47.2 Å². The molecule has 0 aliphatic heterocycles. The molecule has 0 aromatic carbocycles. The second-order valence-corrected chi connectivity index (χ2v) is 7.88. The SMILES string of the molecule is CCNC1(C(=O)O)CCC(N(C)C2CCC(C)(C)CC2)C1. The van der Waals surface area contributed by atoms with Gasteiger partial charge in [0.2, 0.25) is 0 Å². The lowest BCUT2D eigenvalue weighted by atomic mass is 9.75. The number of rotatable bonds is 5. The fourth-order valence-corrected chi connectivity index (χ4v) is 4.23. The average Bonchev–Trinajstić information content (AvgIpc) is 2.84. The number of carboxylic acids is 1. The largest absolute Gasteiger partial charge is 0.480 e. The van der Waals surface area contributed by atoms with Crippen molar-refractivity contribution >= 4 is 5.97 Å². The van der Waals surface area contributed by atoms with E-state index < -0.39 is 11.5 Å². The minimum absolute atomic E-state index is 0.409. The van der Waals surface area contributed by atoms with E-state index in [9.17, 15) is 9.90 Å². The first-order chi connectivity index (χ1) is 9.80. The van der Waals surface area contributed by atoms with Crippen LogP contribution in [0.2, 0.25) is 0 Å². The van der Waals surface area contributed by atoms with Crippen molar-refractivity contribution in [1.29, 1.82) is 0 Å². The maximum absolute atomic E-state index is 11.7. The van der Waals surface area contributed by atoms with E-state index in [0.29, 0.717) is 17.5 Å². The molecule has 2 N–H and O–H groups in total. The van der Waals surface area contributed by atoms with E-state index in [1.807, 2.05) is 6.92 Å². The topological polar surface area (TPSA) is 52.6 Å². The quantitative estimate of drug-likeness (QED) is 0.819. The average molecular weight is 296 g/mol. The molecular weight excluding hydrogens is 264 g/mol. The maximum atomic E-state index is 11.7. The summed E-state index contributed by atoms with van der Waals surface area (Å²) in [6.45, 7) is 7.43. The van der Waals surface area contributed by atoms with Crippen LogP contribution in [0.4, 0.5) is 0 Å². The Morgan fingerprint density at radius 1 is 1.19 bits per heavy atom. The molecule has 0 aromatic heterocycles. The van der Waals surface area contributed by atoms with Crippen molar-refractivity contribution in [1.82, 2.24) is 10.2 Å². The minimum Gasteiger partial charge on any atom is -0.480 e. The predicted molar refractivity (Wildman–Crippen MR) is 85.5 cm³/mol. The Labute approximate surface area is 129 Å². The third-order valence-electron chi connectivity index (χ3n) is 5.87. The van der Waals surface area contributed by atoms with E-state index in [1.165, 1.54) is 25.7 Å². The Hall–Kier alpha value is -0.610. The first-order valence-corrected chi connectivity index (χ1v) is 8.50. The Bertz CT molecular complexity index is 373. The fourth-order valence-electron chi connectivity index (χ4n) is 4.23. The maximum Gasteiger partial charge on any atom is 0.323 e. The molecule has 122 valence electrons.